The van der Waals surface area contributed by atoms with Crippen LogP contribution in [0.3, 0.4) is 0 Å². The third-order valence-corrected chi connectivity index (χ3v) is 4.10. The molecule has 110 valence electrons. The molecule has 0 amide bonds. The van der Waals surface area contributed by atoms with Crippen LogP contribution in [0.25, 0.3) is 0 Å². The molecule has 1 heterocycles. The van der Waals surface area contributed by atoms with E-state index in [1.54, 1.807) is 0 Å². The Hall–Kier alpha value is -2.61. The summed E-state index contributed by atoms with van der Waals surface area (Å²) in [7, 11) is -3.89. The van der Waals surface area contributed by atoms with E-state index >= 15 is 0 Å². The number of carboxylic acids is 1. The molecule has 0 aliphatic carbocycles. The van der Waals surface area contributed by atoms with Crippen molar-refractivity contribution in [2.75, 3.05) is 4.72 Å². The molecule has 8 heteroatoms. The van der Waals surface area contributed by atoms with Crippen molar-refractivity contribution in [2.45, 2.75) is 11.8 Å². The minimum absolute atomic E-state index is 0.124. The summed E-state index contributed by atoms with van der Waals surface area (Å²) in [4.78, 5) is 24.0. The number of aromatic carboxylic acids is 1. The summed E-state index contributed by atoms with van der Waals surface area (Å²) in [6.07, 6.45) is 1.09. The number of ketones is 1. The maximum Gasteiger partial charge on any atom is 0.352 e. The van der Waals surface area contributed by atoms with E-state index in [1.165, 1.54) is 31.2 Å². The zero-order valence-corrected chi connectivity index (χ0v) is 11.8. The second-order valence-corrected chi connectivity index (χ2v) is 5.98. The predicted octanol–water partition coefficient (Wildman–Crippen LogP) is 1.72. The van der Waals surface area contributed by atoms with Crippen LogP contribution < -0.4 is 4.72 Å². The smallest absolute Gasteiger partial charge is 0.352 e. The largest absolute Gasteiger partial charge is 0.477 e. The van der Waals surface area contributed by atoms with Crippen LogP contribution in [0.5, 0.6) is 0 Å². The van der Waals surface area contributed by atoms with Crippen molar-refractivity contribution in [1.82, 2.24) is 4.98 Å². The van der Waals surface area contributed by atoms with Crippen molar-refractivity contribution in [3.05, 3.63) is 47.8 Å². The first-order valence-corrected chi connectivity index (χ1v) is 7.33. The summed E-state index contributed by atoms with van der Waals surface area (Å²) in [5, 5.41) is 8.76. The van der Waals surface area contributed by atoms with Crippen molar-refractivity contribution in [1.29, 1.82) is 0 Å². The Morgan fingerprint density at radius 3 is 2.29 bits per heavy atom. The molecule has 0 aliphatic heterocycles. The number of hydrogen-bond acceptors (Lipinski definition) is 4. The Morgan fingerprint density at radius 2 is 1.81 bits per heavy atom. The highest BCUT2D eigenvalue weighted by Crippen LogP contribution is 2.17. The molecule has 2 aromatic rings. The molecule has 1 aromatic heterocycles. The average molecular weight is 308 g/mol. The van der Waals surface area contributed by atoms with E-state index in [4.69, 9.17) is 5.11 Å². The van der Waals surface area contributed by atoms with Crippen LogP contribution in [0.2, 0.25) is 0 Å². The number of hydrogen-bond donors (Lipinski definition) is 3. The lowest BCUT2D eigenvalue weighted by molar-refractivity contribution is 0.0691. The molecule has 0 unspecified atom stereocenters. The number of anilines is 1. The van der Waals surface area contributed by atoms with Crippen LogP contribution in [-0.4, -0.2) is 30.3 Å². The summed E-state index contributed by atoms with van der Waals surface area (Å²) in [5.41, 5.74) is 0.521. The third kappa shape index (κ3) is 3.29. The van der Waals surface area contributed by atoms with Crippen molar-refractivity contribution in [3.8, 4) is 0 Å². The van der Waals surface area contributed by atoms with Crippen molar-refractivity contribution in [2.24, 2.45) is 0 Å². The first-order valence-electron chi connectivity index (χ1n) is 5.85. The second-order valence-electron chi connectivity index (χ2n) is 4.29. The van der Waals surface area contributed by atoms with E-state index in [0.29, 0.717) is 5.56 Å². The number of carbonyl (C=O) groups excluding carboxylic acids is 1. The number of carbonyl (C=O) groups is 2. The molecule has 0 aliphatic rings. The molecule has 1 aromatic carbocycles. The molecule has 0 saturated carbocycles. The first kappa shape index (κ1) is 14.8. The van der Waals surface area contributed by atoms with Gasteiger partial charge in [-0.2, -0.15) is 0 Å². The summed E-state index contributed by atoms with van der Waals surface area (Å²) in [6.45, 7) is 1.41. The lowest BCUT2D eigenvalue weighted by Gasteiger charge is -2.06. The topological polar surface area (TPSA) is 116 Å². The van der Waals surface area contributed by atoms with Gasteiger partial charge in [0, 0.05) is 17.4 Å². The Morgan fingerprint density at radius 1 is 1.19 bits per heavy atom. The van der Waals surface area contributed by atoms with Gasteiger partial charge in [0.05, 0.1) is 0 Å². The monoisotopic (exact) mass is 308 g/mol. The fraction of sp³-hybridized carbons (Fsp3) is 0.0769. The molecule has 7 nitrogen and oxygen atoms in total. The highest BCUT2D eigenvalue weighted by molar-refractivity contribution is 7.92. The zero-order chi connectivity index (χ0) is 15.6. The number of sulfonamides is 1. The molecule has 21 heavy (non-hydrogen) atoms. The molecular weight excluding hydrogens is 296 g/mol. The number of benzene rings is 1. The minimum Gasteiger partial charge on any atom is -0.477 e. The van der Waals surface area contributed by atoms with Gasteiger partial charge < -0.3 is 10.1 Å². The molecule has 0 saturated heterocycles. The summed E-state index contributed by atoms with van der Waals surface area (Å²) < 4.78 is 26.4. The molecule has 0 spiro atoms. The van der Waals surface area contributed by atoms with Crippen molar-refractivity contribution >= 4 is 27.5 Å². The highest BCUT2D eigenvalue weighted by Gasteiger charge is 2.18. The Balaban J connectivity index is 2.24. The number of Topliss-reactive ketones (excluding diaryl/α,β-unsaturated/α-hetero) is 1. The fourth-order valence-corrected chi connectivity index (χ4v) is 2.69. The molecular formula is C13H12N2O5S. The minimum atomic E-state index is -3.89. The SMILES string of the molecule is CC(=O)c1ccc(NS(=O)(=O)c2c[nH]c(C(=O)O)c2)cc1. The van der Waals surface area contributed by atoms with Gasteiger partial charge in [0.2, 0.25) is 0 Å². The molecule has 2 rings (SSSR count). The Bertz CT molecular complexity index is 790. The molecule has 0 fully saturated rings. The van der Waals surface area contributed by atoms with Gasteiger partial charge in [0.15, 0.2) is 5.78 Å². The van der Waals surface area contributed by atoms with E-state index in [1.807, 2.05) is 0 Å². The van der Waals surface area contributed by atoms with Crippen molar-refractivity contribution in [3.63, 3.8) is 0 Å². The average Bonchev–Trinajstić information content (AvgIpc) is 2.89. The Labute approximate surface area is 120 Å². The van der Waals surface area contributed by atoms with Crippen molar-refractivity contribution < 1.29 is 23.1 Å². The maximum atomic E-state index is 12.1. The molecule has 0 atom stereocenters. The van der Waals surface area contributed by atoms with Gasteiger partial charge in [-0.25, -0.2) is 13.2 Å². The normalized spacial score (nSPS) is 11.1. The number of H-pyrrole nitrogens is 1. The van der Waals surface area contributed by atoms with Crippen LogP contribution >= 0.6 is 0 Å². The standard InChI is InChI=1S/C13H12N2O5S/c1-8(16)9-2-4-10(5-3-9)15-21(19,20)11-6-12(13(17)18)14-7-11/h2-7,14-15H,1H3,(H,17,18). The maximum absolute atomic E-state index is 12.1. The number of aromatic nitrogens is 1. The van der Waals surface area contributed by atoms with Crippen LogP contribution in [0, 0.1) is 0 Å². The Kier molecular flexibility index (Phi) is 3.81. The first-order chi connectivity index (χ1) is 9.79. The van der Waals surface area contributed by atoms with E-state index in [0.717, 1.165) is 12.3 Å². The highest BCUT2D eigenvalue weighted by atomic mass is 32.2. The van der Waals surface area contributed by atoms with Gasteiger partial charge in [-0.3, -0.25) is 9.52 Å². The summed E-state index contributed by atoms with van der Waals surface area (Å²) >= 11 is 0. The molecule has 0 radical (unpaired) electrons. The van der Waals surface area contributed by atoms with Crippen LogP contribution in [0.1, 0.15) is 27.8 Å². The lowest BCUT2D eigenvalue weighted by Crippen LogP contribution is -2.12. The number of aromatic amines is 1. The van der Waals surface area contributed by atoms with Gasteiger partial charge in [0.25, 0.3) is 10.0 Å². The second kappa shape index (κ2) is 5.41. The molecule has 0 bridgehead atoms. The van der Waals surface area contributed by atoms with E-state index in [-0.39, 0.29) is 22.1 Å². The predicted molar refractivity (Wildman–Crippen MR) is 75.0 cm³/mol. The van der Waals surface area contributed by atoms with Gasteiger partial charge in [-0.1, -0.05) is 0 Å². The van der Waals surface area contributed by atoms with Gasteiger partial charge >= 0.3 is 5.97 Å². The van der Waals surface area contributed by atoms with Gasteiger partial charge in [-0.15, -0.1) is 0 Å². The third-order valence-electron chi connectivity index (χ3n) is 2.74. The molecule has 3 N–H and O–H groups in total. The zero-order valence-electron chi connectivity index (χ0n) is 11.0. The number of rotatable bonds is 5. The quantitative estimate of drug-likeness (QED) is 0.727. The van der Waals surface area contributed by atoms with E-state index in [2.05, 4.69) is 9.71 Å². The van der Waals surface area contributed by atoms with Crippen LogP contribution in [0.4, 0.5) is 5.69 Å². The lowest BCUT2D eigenvalue weighted by atomic mass is 10.1. The van der Waals surface area contributed by atoms with Gasteiger partial charge in [0.1, 0.15) is 10.6 Å². The van der Waals surface area contributed by atoms with Gasteiger partial charge in [-0.05, 0) is 37.3 Å². The van der Waals surface area contributed by atoms with E-state index < -0.39 is 16.0 Å². The van der Waals surface area contributed by atoms with Crippen LogP contribution in [0.15, 0.2) is 41.4 Å². The fourth-order valence-electron chi connectivity index (χ4n) is 1.64. The van der Waals surface area contributed by atoms with E-state index in [9.17, 15) is 18.0 Å². The summed E-state index contributed by atoms with van der Waals surface area (Å²) in [5.74, 6) is -1.37. The number of nitrogens with one attached hydrogen (secondary N) is 2. The summed E-state index contributed by atoms with van der Waals surface area (Å²) in [6, 6.07) is 6.94. The van der Waals surface area contributed by atoms with Crippen LogP contribution in [-0.2, 0) is 10.0 Å². The number of carboxylic acid groups (broad SMARTS) is 1.